The summed E-state index contributed by atoms with van der Waals surface area (Å²) in [5.74, 6) is 0. The molecule has 1 radical (unpaired) electrons. The van der Waals surface area contributed by atoms with Crippen molar-refractivity contribution in [1.82, 2.24) is 0 Å². The summed E-state index contributed by atoms with van der Waals surface area (Å²) in [7, 11) is 0. The molecule has 0 heterocycles. The van der Waals surface area contributed by atoms with Gasteiger partial charge >= 0.3 is 0 Å². The van der Waals surface area contributed by atoms with E-state index in [9.17, 15) is 4.79 Å². The van der Waals surface area contributed by atoms with E-state index in [1.54, 1.807) is 0 Å². The highest BCUT2D eigenvalue weighted by atomic mass is 16.1. The van der Waals surface area contributed by atoms with E-state index in [1.165, 1.54) is 0 Å². The van der Waals surface area contributed by atoms with Crippen molar-refractivity contribution < 1.29 is 4.79 Å². The Kier molecular flexibility index (Phi) is 8.44. The summed E-state index contributed by atoms with van der Waals surface area (Å²) in [4.78, 5) is 9.77. The van der Waals surface area contributed by atoms with Gasteiger partial charge in [0.2, 0.25) is 0 Å². The molecule has 0 aliphatic carbocycles. The van der Waals surface area contributed by atoms with E-state index in [1.807, 2.05) is 25.4 Å². The highest BCUT2D eigenvalue weighted by Crippen LogP contribution is 1.95. The third-order valence-corrected chi connectivity index (χ3v) is 1.32. The molecule has 0 amide bonds. The monoisotopic (exact) mass is 151 g/mol. The first-order chi connectivity index (χ1) is 5.41. The maximum absolute atomic E-state index is 9.77. The van der Waals surface area contributed by atoms with Gasteiger partial charge in [0, 0.05) is 6.42 Å². The van der Waals surface area contributed by atoms with Crippen LogP contribution in [0.4, 0.5) is 0 Å². The first-order valence-electron chi connectivity index (χ1n) is 4.03. The third kappa shape index (κ3) is 9.15. The lowest BCUT2D eigenvalue weighted by atomic mass is 10.2. The van der Waals surface area contributed by atoms with Crippen molar-refractivity contribution in [3.63, 3.8) is 0 Å². The molecule has 0 N–H and O–H groups in total. The molecule has 0 aliphatic heterocycles. The summed E-state index contributed by atoms with van der Waals surface area (Å²) in [5.41, 5.74) is 0. The standard InChI is InChI=1S/C10H15O/c1-2-3-4-5-6-7-8-9-10-11/h2-3,6-7H,4-5,8-9H2,1H3/b3-2+,7-6+. The fourth-order valence-corrected chi connectivity index (χ4v) is 0.737. The Morgan fingerprint density at radius 1 is 1.09 bits per heavy atom. The van der Waals surface area contributed by atoms with Crippen molar-refractivity contribution in [2.24, 2.45) is 0 Å². The van der Waals surface area contributed by atoms with Gasteiger partial charge in [-0.1, -0.05) is 24.3 Å². The molecule has 0 saturated heterocycles. The Morgan fingerprint density at radius 2 is 1.73 bits per heavy atom. The van der Waals surface area contributed by atoms with Crippen molar-refractivity contribution in [1.29, 1.82) is 0 Å². The van der Waals surface area contributed by atoms with Crippen molar-refractivity contribution in [2.45, 2.75) is 32.6 Å². The van der Waals surface area contributed by atoms with E-state index in [0.29, 0.717) is 6.42 Å². The average Bonchev–Trinajstić information content (AvgIpc) is 2.03. The minimum absolute atomic E-state index is 0.528. The summed E-state index contributed by atoms with van der Waals surface area (Å²) in [5, 5.41) is 0. The topological polar surface area (TPSA) is 17.1 Å². The smallest absolute Gasteiger partial charge is 0.198 e. The van der Waals surface area contributed by atoms with Gasteiger partial charge in [-0.05, 0) is 26.2 Å². The van der Waals surface area contributed by atoms with Crippen molar-refractivity contribution in [2.75, 3.05) is 0 Å². The fraction of sp³-hybridized carbons (Fsp3) is 0.500. The minimum atomic E-state index is 0.528. The van der Waals surface area contributed by atoms with Gasteiger partial charge in [-0.25, -0.2) is 0 Å². The molecule has 0 aromatic carbocycles. The van der Waals surface area contributed by atoms with Crippen LogP contribution in [0.25, 0.3) is 0 Å². The Balaban J connectivity index is 3.09. The molecular weight excluding hydrogens is 136 g/mol. The second-order valence-corrected chi connectivity index (χ2v) is 2.30. The number of hydrogen-bond donors (Lipinski definition) is 0. The van der Waals surface area contributed by atoms with E-state index < -0.39 is 0 Å². The average molecular weight is 151 g/mol. The van der Waals surface area contributed by atoms with Gasteiger partial charge < -0.3 is 0 Å². The molecule has 11 heavy (non-hydrogen) atoms. The van der Waals surface area contributed by atoms with Gasteiger partial charge in [-0.2, -0.15) is 0 Å². The highest BCUT2D eigenvalue weighted by Gasteiger charge is 1.78. The molecule has 0 atom stereocenters. The van der Waals surface area contributed by atoms with Crippen molar-refractivity contribution in [3.8, 4) is 0 Å². The van der Waals surface area contributed by atoms with E-state index >= 15 is 0 Å². The Labute approximate surface area is 68.8 Å². The number of rotatable bonds is 6. The lowest BCUT2D eigenvalue weighted by Crippen LogP contribution is -1.70. The Hall–Kier alpha value is -0.850. The largest absolute Gasteiger partial charge is 0.291 e. The summed E-state index contributed by atoms with van der Waals surface area (Å²) in [6.07, 6.45) is 13.7. The van der Waals surface area contributed by atoms with E-state index in [2.05, 4.69) is 12.2 Å². The number of allylic oxidation sites excluding steroid dienone is 4. The molecule has 1 nitrogen and oxygen atoms in total. The SMILES string of the molecule is C/C=C/CC/C=C/CC[C]=O. The summed E-state index contributed by atoms with van der Waals surface area (Å²) < 4.78 is 0. The fourth-order valence-electron chi connectivity index (χ4n) is 0.737. The van der Waals surface area contributed by atoms with Crippen LogP contribution in [0.2, 0.25) is 0 Å². The van der Waals surface area contributed by atoms with Gasteiger partial charge in [0.1, 0.15) is 0 Å². The van der Waals surface area contributed by atoms with Crippen LogP contribution in [0, 0.1) is 0 Å². The normalized spacial score (nSPS) is 11.4. The zero-order chi connectivity index (χ0) is 8.36. The molecule has 0 aromatic rings. The molecule has 0 aromatic heterocycles. The van der Waals surface area contributed by atoms with Crippen LogP contribution in [-0.4, -0.2) is 6.29 Å². The molecule has 0 fully saturated rings. The first kappa shape index (κ1) is 10.2. The van der Waals surface area contributed by atoms with Gasteiger partial charge in [-0.3, -0.25) is 4.79 Å². The van der Waals surface area contributed by atoms with Gasteiger partial charge in [0.25, 0.3) is 0 Å². The van der Waals surface area contributed by atoms with Gasteiger partial charge in [0.05, 0.1) is 0 Å². The summed E-state index contributed by atoms with van der Waals surface area (Å²) in [6, 6.07) is 0. The first-order valence-corrected chi connectivity index (χ1v) is 4.03. The zero-order valence-electron chi connectivity index (χ0n) is 7.05. The zero-order valence-corrected chi connectivity index (χ0v) is 7.05. The van der Waals surface area contributed by atoms with Gasteiger partial charge in [-0.15, -0.1) is 0 Å². The number of hydrogen-bond acceptors (Lipinski definition) is 1. The maximum Gasteiger partial charge on any atom is 0.198 e. The molecule has 0 aliphatic rings. The van der Waals surface area contributed by atoms with Crippen LogP contribution in [0.3, 0.4) is 0 Å². The van der Waals surface area contributed by atoms with E-state index in [-0.39, 0.29) is 0 Å². The minimum Gasteiger partial charge on any atom is -0.291 e. The molecular formula is C10H15O. The summed E-state index contributed by atoms with van der Waals surface area (Å²) in [6.45, 7) is 2.02. The lowest BCUT2D eigenvalue weighted by Gasteiger charge is -1.85. The summed E-state index contributed by atoms with van der Waals surface area (Å²) >= 11 is 0. The Morgan fingerprint density at radius 3 is 2.36 bits per heavy atom. The van der Waals surface area contributed by atoms with Crippen LogP contribution in [0.15, 0.2) is 24.3 Å². The molecule has 0 saturated carbocycles. The predicted molar refractivity (Wildman–Crippen MR) is 48.1 cm³/mol. The molecule has 0 spiro atoms. The van der Waals surface area contributed by atoms with Crippen molar-refractivity contribution in [3.05, 3.63) is 24.3 Å². The van der Waals surface area contributed by atoms with Crippen molar-refractivity contribution >= 4 is 6.29 Å². The van der Waals surface area contributed by atoms with Crippen LogP contribution in [0.5, 0.6) is 0 Å². The molecule has 0 rings (SSSR count). The van der Waals surface area contributed by atoms with Crippen LogP contribution >= 0.6 is 0 Å². The third-order valence-electron chi connectivity index (χ3n) is 1.32. The van der Waals surface area contributed by atoms with E-state index in [4.69, 9.17) is 0 Å². The molecule has 1 heteroatoms. The maximum atomic E-state index is 9.77. The predicted octanol–water partition coefficient (Wildman–Crippen LogP) is 2.79. The molecule has 0 bridgehead atoms. The second kappa shape index (κ2) is 9.15. The van der Waals surface area contributed by atoms with Crippen LogP contribution < -0.4 is 0 Å². The van der Waals surface area contributed by atoms with Crippen LogP contribution in [0.1, 0.15) is 32.6 Å². The quantitative estimate of drug-likeness (QED) is 0.421. The highest BCUT2D eigenvalue weighted by molar-refractivity contribution is 5.50. The number of unbranched alkanes of at least 4 members (excludes halogenated alkanes) is 2. The molecule has 61 valence electrons. The lowest BCUT2D eigenvalue weighted by molar-refractivity contribution is 0.552. The second-order valence-electron chi connectivity index (χ2n) is 2.30. The molecule has 0 unspecified atom stereocenters. The van der Waals surface area contributed by atoms with Gasteiger partial charge in [0.15, 0.2) is 6.29 Å². The Bertz CT molecular complexity index is 134. The van der Waals surface area contributed by atoms with Crippen LogP contribution in [-0.2, 0) is 4.79 Å². The van der Waals surface area contributed by atoms with E-state index in [0.717, 1.165) is 19.3 Å². The number of carbonyl (C=O) groups excluding carboxylic acids is 1.